The van der Waals surface area contributed by atoms with Crippen molar-refractivity contribution >= 4 is 5.69 Å². The van der Waals surface area contributed by atoms with Gasteiger partial charge in [0.1, 0.15) is 0 Å². The molecule has 0 bridgehead atoms. The van der Waals surface area contributed by atoms with Gasteiger partial charge in [0.05, 0.1) is 22.8 Å². The molecule has 4 heteroatoms. The van der Waals surface area contributed by atoms with Gasteiger partial charge in [-0.2, -0.15) is 5.10 Å². The summed E-state index contributed by atoms with van der Waals surface area (Å²) in [4.78, 5) is 0. The van der Waals surface area contributed by atoms with Crippen LogP contribution in [0, 0.1) is 6.92 Å². The summed E-state index contributed by atoms with van der Waals surface area (Å²) in [5, 5.41) is 7.90. The van der Waals surface area contributed by atoms with Gasteiger partial charge in [-0.05, 0) is 19.1 Å². The number of aryl methyl sites for hydroxylation is 1. The molecule has 0 spiro atoms. The molecule has 0 atom stereocenters. The number of anilines is 1. The quantitative estimate of drug-likeness (QED) is 0.705. The zero-order chi connectivity index (χ0) is 11.1. The first-order chi connectivity index (χ1) is 7.77. The Morgan fingerprint density at radius 2 is 2.12 bits per heavy atom. The number of fused-ring (bicyclic) bond motifs is 1. The number of rotatable bonds is 1. The number of hydrogen-bond donors (Lipinski definition) is 2. The SMILES string of the molecule is Cc1nn(-c2ccccc2N)c2c1CNC2. The van der Waals surface area contributed by atoms with Gasteiger partial charge in [0, 0.05) is 18.7 Å². The van der Waals surface area contributed by atoms with Crippen molar-refractivity contribution < 1.29 is 0 Å². The van der Waals surface area contributed by atoms with E-state index in [0.29, 0.717) is 0 Å². The molecule has 0 radical (unpaired) electrons. The second kappa shape index (κ2) is 3.35. The molecule has 0 saturated heterocycles. The van der Waals surface area contributed by atoms with Crippen molar-refractivity contribution in [3.8, 4) is 5.69 Å². The van der Waals surface area contributed by atoms with Crippen molar-refractivity contribution in [1.82, 2.24) is 15.1 Å². The van der Waals surface area contributed by atoms with Gasteiger partial charge in [-0.1, -0.05) is 12.1 Å². The first kappa shape index (κ1) is 9.42. The summed E-state index contributed by atoms with van der Waals surface area (Å²) < 4.78 is 1.96. The number of aromatic nitrogens is 2. The average Bonchev–Trinajstić information content (AvgIpc) is 2.84. The Morgan fingerprint density at radius 1 is 1.31 bits per heavy atom. The summed E-state index contributed by atoms with van der Waals surface area (Å²) in [6.07, 6.45) is 0. The number of hydrogen-bond acceptors (Lipinski definition) is 3. The standard InChI is InChI=1S/C12H14N4/c1-8-9-6-14-7-12(9)16(15-8)11-5-3-2-4-10(11)13/h2-5,14H,6-7,13H2,1H3. The van der Waals surface area contributed by atoms with Crippen LogP contribution in [0.3, 0.4) is 0 Å². The lowest BCUT2D eigenvalue weighted by molar-refractivity contribution is 0.705. The molecular formula is C12H14N4. The molecule has 1 aliphatic heterocycles. The zero-order valence-electron chi connectivity index (χ0n) is 9.20. The predicted octanol–water partition coefficient (Wildman–Crippen LogP) is 1.37. The van der Waals surface area contributed by atoms with Crippen LogP contribution in [0.4, 0.5) is 5.69 Å². The van der Waals surface area contributed by atoms with Gasteiger partial charge in [-0.3, -0.25) is 0 Å². The summed E-state index contributed by atoms with van der Waals surface area (Å²) in [5.74, 6) is 0. The second-order valence-electron chi connectivity index (χ2n) is 4.08. The molecule has 16 heavy (non-hydrogen) atoms. The molecule has 0 unspecified atom stereocenters. The third-order valence-electron chi connectivity index (χ3n) is 3.05. The fraction of sp³-hybridized carbons (Fsp3) is 0.250. The first-order valence-electron chi connectivity index (χ1n) is 5.40. The van der Waals surface area contributed by atoms with Crippen molar-refractivity contribution in [3.05, 3.63) is 41.2 Å². The van der Waals surface area contributed by atoms with Gasteiger partial charge < -0.3 is 11.1 Å². The molecule has 0 amide bonds. The minimum atomic E-state index is 0.764. The molecule has 82 valence electrons. The van der Waals surface area contributed by atoms with Crippen LogP contribution < -0.4 is 11.1 Å². The number of para-hydroxylation sites is 2. The highest BCUT2D eigenvalue weighted by molar-refractivity contribution is 5.58. The Bertz CT molecular complexity index is 542. The van der Waals surface area contributed by atoms with Gasteiger partial charge in [0.2, 0.25) is 0 Å². The minimum Gasteiger partial charge on any atom is -0.397 e. The van der Waals surface area contributed by atoms with E-state index < -0.39 is 0 Å². The van der Waals surface area contributed by atoms with Crippen LogP contribution in [0.15, 0.2) is 24.3 Å². The van der Waals surface area contributed by atoms with Gasteiger partial charge in [-0.15, -0.1) is 0 Å². The van der Waals surface area contributed by atoms with E-state index in [1.54, 1.807) is 0 Å². The smallest absolute Gasteiger partial charge is 0.0878 e. The summed E-state index contributed by atoms with van der Waals surface area (Å²) in [5.41, 5.74) is 11.3. The van der Waals surface area contributed by atoms with Gasteiger partial charge in [0.25, 0.3) is 0 Å². The average molecular weight is 214 g/mol. The Morgan fingerprint density at radius 3 is 2.94 bits per heavy atom. The number of nitrogens with one attached hydrogen (secondary N) is 1. The monoisotopic (exact) mass is 214 g/mol. The summed E-state index contributed by atoms with van der Waals surface area (Å²) >= 11 is 0. The van der Waals surface area contributed by atoms with E-state index in [1.807, 2.05) is 35.9 Å². The number of nitrogens with two attached hydrogens (primary N) is 1. The third-order valence-corrected chi connectivity index (χ3v) is 3.05. The lowest BCUT2D eigenvalue weighted by atomic mass is 10.2. The number of nitrogens with zero attached hydrogens (tertiary/aromatic N) is 2. The third kappa shape index (κ3) is 1.23. The van der Waals surface area contributed by atoms with Gasteiger partial charge >= 0.3 is 0 Å². The maximum absolute atomic E-state index is 5.97. The summed E-state index contributed by atoms with van der Waals surface area (Å²) in [6.45, 7) is 3.82. The van der Waals surface area contributed by atoms with Crippen LogP contribution in [0.5, 0.6) is 0 Å². The number of benzene rings is 1. The molecule has 0 aliphatic carbocycles. The van der Waals surface area contributed by atoms with Gasteiger partial charge in [0.15, 0.2) is 0 Å². The van der Waals surface area contributed by atoms with E-state index in [0.717, 1.165) is 30.2 Å². The van der Waals surface area contributed by atoms with Gasteiger partial charge in [-0.25, -0.2) is 4.68 Å². The lowest BCUT2D eigenvalue weighted by Crippen LogP contribution is -2.09. The molecular weight excluding hydrogens is 200 g/mol. The lowest BCUT2D eigenvalue weighted by Gasteiger charge is -2.08. The van der Waals surface area contributed by atoms with E-state index >= 15 is 0 Å². The second-order valence-corrected chi connectivity index (χ2v) is 4.08. The van der Waals surface area contributed by atoms with Crippen molar-refractivity contribution in [1.29, 1.82) is 0 Å². The van der Waals surface area contributed by atoms with E-state index in [4.69, 9.17) is 5.73 Å². The molecule has 1 aromatic carbocycles. The Kier molecular flexibility index (Phi) is 1.97. The molecule has 2 aromatic rings. The molecule has 4 nitrogen and oxygen atoms in total. The van der Waals surface area contributed by atoms with Crippen LogP contribution in [0.25, 0.3) is 5.69 Å². The molecule has 3 N–H and O–H groups in total. The van der Waals surface area contributed by atoms with Crippen LogP contribution in [-0.4, -0.2) is 9.78 Å². The van der Waals surface area contributed by atoms with Crippen LogP contribution in [-0.2, 0) is 13.1 Å². The highest BCUT2D eigenvalue weighted by Gasteiger charge is 2.21. The fourth-order valence-corrected chi connectivity index (χ4v) is 2.20. The van der Waals surface area contributed by atoms with Crippen molar-refractivity contribution in [2.75, 3.05) is 5.73 Å². The Labute approximate surface area is 94.1 Å². The van der Waals surface area contributed by atoms with E-state index in [-0.39, 0.29) is 0 Å². The highest BCUT2D eigenvalue weighted by Crippen LogP contribution is 2.25. The van der Waals surface area contributed by atoms with Crippen LogP contribution >= 0.6 is 0 Å². The van der Waals surface area contributed by atoms with E-state index in [2.05, 4.69) is 10.4 Å². The fourth-order valence-electron chi connectivity index (χ4n) is 2.20. The summed E-state index contributed by atoms with van der Waals surface area (Å²) in [6, 6.07) is 7.83. The van der Waals surface area contributed by atoms with Crippen molar-refractivity contribution in [3.63, 3.8) is 0 Å². The molecule has 0 fully saturated rings. The molecule has 1 aromatic heterocycles. The van der Waals surface area contributed by atoms with Crippen molar-refractivity contribution in [2.45, 2.75) is 20.0 Å². The Balaban J connectivity index is 2.21. The summed E-state index contributed by atoms with van der Waals surface area (Å²) in [7, 11) is 0. The van der Waals surface area contributed by atoms with Crippen molar-refractivity contribution in [2.24, 2.45) is 0 Å². The normalized spacial score (nSPS) is 14.1. The predicted molar refractivity (Wildman–Crippen MR) is 63.3 cm³/mol. The topological polar surface area (TPSA) is 55.9 Å². The van der Waals surface area contributed by atoms with Crippen LogP contribution in [0.1, 0.15) is 17.0 Å². The highest BCUT2D eigenvalue weighted by atomic mass is 15.3. The molecule has 3 rings (SSSR count). The van der Waals surface area contributed by atoms with Crippen LogP contribution in [0.2, 0.25) is 0 Å². The van der Waals surface area contributed by atoms with E-state index in [1.165, 1.54) is 11.3 Å². The minimum absolute atomic E-state index is 0.764. The van der Waals surface area contributed by atoms with E-state index in [9.17, 15) is 0 Å². The molecule has 1 aliphatic rings. The number of nitrogen functional groups attached to an aromatic ring is 1. The largest absolute Gasteiger partial charge is 0.397 e. The molecule has 2 heterocycles. The maximum Gasteiger partial charge on any atom is 0.0878 e. The Hall–Kier alpha value is -1.81. The first-order valence-corrected chi connectivity index (χ1v) is 5.40. The zero-order valence-corrected chi connectivity index (χ0v) is 9.20. The maximum atomic E-state index is 5.97. The molecule has 0 saturated carbocycles.